The third-order valence-corrected chi connectivity index (χ3v) is 4.96. The fourth-order valence-electron chi connectivity index (χ4n) is 3.35. The van der Waals surface area contributed by atoms with E-state index in [1.165, 1.54) is 0 Å². The quantitative estimate of drug-likeness (QED) is 0.879. The number of hydrogen-bond donors (Lipinski definition) is 1. The molecule has 2 rings (SSSR count). The first kappa shape index (κ1) is 18.9. The van der Waals surface area contributed by atoms with E-state index in [0.29, 0.717) is 17.0 Å². The van der Waals surface area contributed by atoms with Crippen LogP contribution in [0.4, 0.5) is 0 Å². The molecule has 1 saturated heterocycles. The van der Waals surface area contributed by atoms with Crippen LogP contribution < -0.4 is 5.32 Å². The molecule has 1 heterocycles. The number of benzene rings is 1. The van der Waals surface area contributed by atoms with Gasteiger partial charge < -0.3 is 15.1 Å². The molecule has 0 saturated carbocycles. The number of rotatable bonds is 5. The lowest BCUT2D eigenvalue weighted by molar-refractivity contribution is -0.132. The van der Waals surface area contributed by atoms with Crippen LogP contribution in [0.15, 0.2) is 24.3 Å². The van der Waals surface area contributed by atoms with Gasteiger partial charge in [0.05, 0.1) is 18.2 Å². The molecule has 0 radical (unpaired) electrons. The highest BCUT2D eigenvalue weighted by Gasteiger charge is 2.30. The zero-order valence-electron chi connectivity index (χ0n) is 15.2. The molecule has 25 heavy (non-hydrogen) atoms. The zero-order chi connectivity index (χ0) is 18.4. The highest BCUT2D eigenvalue weighted by atomic mass is 16.2. The maximum atomic E-state index is 12.4. The Balaban J connectivity index is 1.86. The van der Waals surface area contributed by atoms with Crippen molar-refractivity contribution in [1.82, 2.24) is 15.1 Å². The third-order valence-electron chi connectivity index (χ3n) is 4.96. The minimum Gasteiger partial charge on any atom is -0.343 e. The van der Waals surface area contributed by atoms with Crippen molar-refractivity contribution in [3.05, 3.63) is 35.4 Å². The molecule has 2 amide bonds. The number of nitrogens with one attached hydrogen (secondary N) is 1. The molecule has 0 spiro atoms. The molecule has 6 nitrogen and oxygen atoms in total. The first-order valence-electron chi connectivity index (χ1n) is 8.72. The smallest absolute Gasteiger partial charge is 0.251 e. The van der Waals surface area contributed by atoms with Crippen LogP contribution in [0.1, 0.15) is 36.2 Å². The predicted molar refractivity (Wildman–Crippen MR) is 95.9 cm³/mol. The molecule has 1 aromatic rings. The van der Waals surface area contributed by atoms with Gasteiger partial charge in [-0.15, -0.1) is 0 Å². The highest BCUT2D eigenvalue weighted by Crippen LogP contribution is 2.21. The number of carbonyl (C=O) groups is 2. The Morgan fingerprint density at radius 2 is 2.04 bits per heavy atom. The zero-order valence-corrected chi connectivity index (χ0v) is 15.2. The third kappa shape index (κ3) is 4.80. The topological polar surface area (TPSA) is 76.4 Å². The number of carbonyl (C=O) groups excluding carboxylic acids is 2. The Bertz CT molecular complexity index is 650. The van der Waals surface area contributed by atoms with Crippen molar-refractivity contribution in [3.8, 4) is 6.07 Å². The Morgan fingerprint density at radius 3 is 2.60 bits per heavy atom. The van der Waals surface area contributed by atoms with Crippen molar-refractivity contribution >= 4 is 11.8 Å². The summed E-state index contributed by atoms with van der Waals surface area (Å²) >= 11 is 0. The van der Waals surface area contributed by atoms with Gasteiger partial charge in [0.1, 0.15) is 0 Å². The molecule has 6 heteroatoms. The molecule has 1 aromatic carbocycles. The average Bonchev–Trinajstić information content (AvgIpc) is 2.65. The minimum atomic E-state index is -0.305. The van der Waals surface area contributed by atoms with Gasteiger partial charge in [0.15, 0.2) is 0 Å². The minimum absolute atomic E-state index is 0.0178. The van der Waals surface area contributed by atoms with Crippen molar-refractivity contribution in [2.75, 3.05) is 33.2 Å². The fraction of sp³-hybridized carbons (Fsp3) is 0.526. The molecule has 0 bridgehead atoms. The Kier molecular flexibility index (Phi) is 6.54. The van der Waals surface area contributed by atoms with E-state index < -0.39 is 0 Å². The number of amides is 2. The van der Waals surface area contributed by atoms with Gasteiger partial charge in [-0.1, -0.05) is 13.8 Å². The SMILES string of the molecule is CCN1CC[C@@H](N(C)C(=O)CNC(=O)c2ccc(C#N)cc2)[C@H](C)C1. The van der Waals surface area contributed by atoms with Gasteiger partial charge in [0.25, 0.3) is 5.91 Å². The number of nitrogens with zero attached hydrogens (tertiary/aromatic N) is 3. The maximum absolute atomic E-state index is 12.4. The van der Waals surface area contributed by atoms with Gasteiger partial charge in [-0.25, -0.2) is 0 Å². The predicted octanol–water partition coefficient (Wildman–Crippen LogP) is 1.48. The average molecular weight is 342 g/mol. The van der Waals surface area contributed by atoms with Crippen LogP contribution in [0.25, 0.3) is 0 Å². The Labute approximate surface area is 149 Å². The number of nitriles is 1. The van der Waals surface area contributed by atoms with E-state index in [0.717, 1.165) is 26.1 Å². The highest BCUT2D eigenvalue weighted by molar-refractivity contribution is 5.96. The molecule has 0 aromatic heterocycles. The monoisotopic (exact) mass is 342 g/mol. The standard InChI is InChI=1S/C19H26N4O2/c1-4-23-10-9-17(14(2)13-23)22(3)18(24)12-21-19(25)16-7-5-15(11-20)6-8-16/h5-8,14,17H,4,9-10,12-13H2,1-3H3,(H,21,25)/t14-,17-/m1/s1. The van der Waals surface area contributed by atoms with Crippen molar-refractivity contribution in [1.29, 1.82) is 5.26 Å². The van der Waals surface area contributed by atoms with Gasteiger partial charge in [0, 0.05) is 31.7 Å². The summed E-state index contributed by atoms with van der Waals surface area (Å²) in [5.74, 6) is 0.0285. The second-order valence-electron chi connectivity index (χ2n) is 6.60. The van der Waals surface area contributed by atoms with Crippen LogP contribution in [0.3, 0.4) is 0 Å². The number of hydrogen-bond acceptors (Lipinski definition) is 4. The van der Waals surface area contributed by atoms with Gasteiger partial charge in [0.2, 0.25) is 5.91 Å². The van der Waals surface area contributed by atoms with Gasteiger partial charge in [-0.2, -0.15) is 5.26 Å². The van der Waals surface area contributed by atoms with Crippen LogP contribution in [0.2, 0.25) is 0 Å². The van der Waals surface area contributed by atoms with Crippen molar-refractivity contribution in [3.63, 3.8) is 0 Å². The molecule has 0 unspecified atom stereocenters. The van der Waals surface area contributed by atoms with Crippen LogP contribution >= 0.6 is 0 Å². The Morgan fingerprint density at radius 1 is 1.36 bits per heavy atom. The van der Waals surface area contributed by atoms with Crippen molar-refractivity contribution < 1.29 is 9.59 Å². The maximum Gasteiger partial charge on any atom is 0.251 e. The van der Waals surface area contributed by atoms with Crippen LogP contribution in [0.5, 0.6) is 0 Å². The van der Waals surface area contributed by atoms with Crippen molar-refractivity contribution in [2.45, 2.75) is 26.3 Å². The summed E-state index contributed by atoms with van der Waals surface area (Å²) in [6.45, 7) is 7.34. The van der Waals surface area contributed by atoms with E-state index >= 15 is 0 Å². The first-order chi connectivity index (χ1) is 12.0. The lowest BCUT2D eigenvalue weighted by Crippen LogP contribution is -2.52. The van der Waals surface area contributed by atoms with Crippen molar-refractivity contribution in [2.24, 2.45) is 5.92 Å². The van der Waals surface area contributed by atoms with Gasteiger partial charge >= 0.3 is 0 Å². The molecule has 134 valence electrons. The van der Waals surface area contributed by atoms with Crippen LogP contribution in [0, 0.1) is 17.2 Å². The molecule has 2 atom stereocenters. The molecule has 1 fully saturated rings. The van der Waals surface area contributed by atoms with Gasteiger partial charge in [-0.05, 0) is 43.1 Å². The summed E-state index contributed by atoms with van der Waals surface area (Å²) in [4.78, 5) is 28.7. The summed E-state index contributed by atoms with van der Waals surface area (Å²) in [7, 11) is 1.82. The second-order valence-corrected chi connectivity index (χ2v) is 6.60. The van der Waals surface area contributed by atoms with E-state index in [4.69, 9.17) is 5.26 Å². The lowest BCUT2D eigenvalue weighted by Gasteiger charge is -2.41. The molecule has 1 aliphatic heterocycles. The summed E-state index contributed by atoms with van der Waals surface area (Å²) in [6.07, 6.45) is 0.959. The number of likely N-dealkylation sites (tertiary alicyclic amines) is 1. The molecular weight excluding hydrogens is 316 g/mol. The van der Waals surface area contributed by atoms with E-state index in [1.54, 1.807) is 29.2 Å². The van der Waals surface area contributed by atoms with E-state index in [2.05, 4.69) is 24.1 Å². The second kappa shape index (κ2) is 8.63. The van der Waals surface area contributed by atoms with Gasteiger partial charge in [-0.3, -0.25) is 9.59 Å². The number of piperidine rings is 1. The summed E-state index contributed by atoms with van der Waals surface area (Å²) < 4.78 is 0. The first-order valence-corrected chi connectivity index (χ1v) is 8.72. The van der Waals surface area contributed by atoms with E-state index in [1.807, 2.05) is 13.1 Å². The fourth-order valence-corrected chi connectivity index (χ4v) is 3.35. The molecule has 0 aliphatic carbocycles. The summed E-state index contributed by atoms with van der Waals surface area (Å²) in [5.41, 5.74) is 0.943. The largest absolute Gasteiger partial charge is 0.343 e. The Hall–Kier alpha value is -2.39. The number of likely N-dealkylation sites (N-methyl/N-ethyl adjacent to an activating group) is 1. The van der Waals surface area contributed by atoms with Crippen LogP contribution in [-0.2, 0) is 4.79 Å². The van der Waals surface area contributed by atoms with E-state index in [9.17, 15) is 9.59 Å². The lowest BCUT2D eigenvalue weighted by atomic mass is 9.92. The normalized spacial score (nSPS) is 20.6. The summed E-state index contributed by atoms with van der Waals surface area (Å²) in [6, 6.07) is 8.57. The molecule has 1 N–H and O–H groups in total. The van der Waals surface area contributed by atoms with E-state index in [-0.39, 0.29) is 24.4 Å². The molecule has 1 aliphatic rings. The molecular formula is C19H26N4O2. The summed E-state index contributed by atoms with van der Waals surface area (Å²) in [5, 5.41) is 11.4. The van der Waals surface area contributed by atoms with Crippen LogP contribution in [-0.4, -0.2) is 60.9 Å².